The molecule has 0 saturated heterocycles. The molecule has 0 N–H and O–H groups in total. The van der Waals surface area contributed by atoms with Crippen molar-refractivity contribution in [3.63, 3.8) is 0 Å². The van der Waals surface area contributed by atoms with E-state index in [1.165, 1.54) is 102 Å². The maximum absolute atomic E-state index is 15.2. The van der Waals surface area contributed by atoms with Crippen molar-refractivity contribution in [1.29, 1.82) is 0 Å². The van der Waals surface area contributed by atoms with Gasteiger partial charge in [0.15, 0.2) is 10.9 Å². The predicted octanol–water partition coefficient (Wildman–Crippen LogP) is 16.5. The standard InChI is InChI=1S/C52H48N2O2S4/c1-3-5-7-9-11-13-19-53-43-27-37-35(49-31(15-21-57-49)33-17-23-59-51(33)37)25-39(43)47(55)41-30-46-42(29-45(41)53)48(56)40-26-36-38(28-44(40)54(46)20-14-12-10-8-6-4-2)52-34(18-24-60-52)32-16-22-58-50(32)36/h15-18,21-30H,3-14,19-20H2,1-2H3. The molecule has 5 aromatic carbocycles. The molecular weight excluding hydrogens is 813 g/mol. The summed E-state index contributed by atoms with van der Waals surface area (Å²) in [4.78, 5) is 30.4. The van der Waals surface area contributed by atoms with E-state index in [1.54, 1.807) is 45.3 Å². The first-order valence-electron chi connectivity index (χ1n) is 22.1. The molecule has 302 valence electrons. The normalized spacial score (nSPS) is 12.6. The fourth-order valence-electron chi connectivity index (χ4n) is 10.2. The molecule has 0 fully saturated rings. The molecule has 6 heterocycles. The van der Waals surface area contributed by atoms with Gasteiger partial charge in [-0.05, 0) is 95.0 Å². The highest BCUT2D eigenvalue weighted by molar-refractivity contribution is 7.21. The smallest absolute Gasteiger partial charge is 0.197 e. The van der Waals surface area contributed by atoms with Gasteiger partial charge < -0.3 is 9.13 Å². The third-order valence-electron chi connectivity index (χ3n) is 13.2. The molecule has 0 spiro atoms. The second-order valence-electron chi connectivity index (χ2n) is 16.9. The number of benzene rings is 5. The van der Waals surface area contributed by atoms with Crippen LogP contribution in [0.4, 0.5) is 0 Å². The Bertz CT molecular complexity index is 3360. The van der Waals surface area contributed by atoms with Gasteiger partial charge in [0.05, 0.1) is 22.1 Å². The number of rotatable bonds is 14. The van der Waals surface area contributed by atoms with Crippen LogP contribution >= 0.6 is 45.3 Å². The Hall–Kier alpha value is -4.60. The van der Waals surface area contributed by atoms with Gasteiger partial charge in [-0.2, -0.15) is 0 Å². The van der Waals surface area contributed by atoms with E-state index in [1.807, 2.05) is 0 Å². The van der Waals surface area contributed by atoms with Crippen LogP contribution in [0.2, 0.25) is 0 Å². The van der Waals surface area contributed by atoms with E-state index >= 15 is 9.59 Å². The van der Waals surface area contributed by atoms with Crippen molar-refractivity contribution in [3.05, 3.63) is 103 Å². The van der Waals surface area contributed by atoms with Gasteiger partial charge in [0.25, 0.3) is 0 Å². The van der Waals surface area contributed by atoms with Gasteiger partial charge in [-0.1, -0.05) is 78.1 Å². The lowest BCUT2D eigenvalue weighted by atomic mass is 9.98. The Balaban J connectivity index is 1.21. The maximum Gasteiger partial charge on any atom is 0.197 e. The third kappa shape index (κ3) is 6.07. The molecule has 0 atom stereocenters. The fraction of sp³-hybridized carbons (Fsp3) is 0.308. The Labute approximate surface area is 364 Å². The maximum atomic E-state index is 15.2. The molecule has 0 amide bonds. The zero-order valence-corrected chi connectivity index (χ0v) is 37.6. The number of pyridine rings is 2. The van der Waals surface area contributed by atoms with Gasteiger partial charge in [0, 0.05) is 96.5 Å². The van der Waals surface area contributed by atoms with Crippen molar-refractivity contribution in [2.45, 2.75) is 104 Å². The van der Waals surface area contributed by atoms with Crippen molar-refractivity contribution in [3.8, 4) is 0 Å². The fourth-order valence-corrected chi connectivity index (χ4v) is 13.9. The summed E-state index contributed by atoms with van der Waals surface area (Å²) in [5, 5.41) is 21.5. The Morgan fingerprint density at radius 1 is 0.350 bits per heavy atom. The number of hydrogen-bond acceptors (Lipinski definition) is 6. The lowest BCUT2D eigenvalue weighted by molar-refractivity contribution is 0.569. The van der Waals surface area contributed by atoms with Crippen molar-refractivity contribution in [2.24, 2.45) is 0 Å². The molecule has 0 bridgehead atoms. The zero-order valence-electron chi connectivity index (χ0n) is 34.3. The molecule has 8 heteroatoms. The summed E-state index contributed by atoms with van der Waals surface area (Å²) in [6.45, 7) is 6.12. The SMILES string of the molecule is CCCCCCCCn1c2cc3c(=O)c4cc5c(cc4n(CCCCCCCC)c3cc2c(=O)c2cc3c(cc21)c1sccc1c1ccsc13)c1sccc1c1ccsc15. The lowest BCUT2D eigenvalue weighted by Crippen LogP contribution is -2.16. The number of fused-ring (bicyclic) bond motifs is 16. The number of hydrogen-bond donors (Lipinski definition) is 0. The second-order valence-corrected chi connectivity index (χ2v) is 20.5. The summed E-state index contributed by atoms with van der Waals surface area (Å²) >= 11 is 7.09. The molecule has 0 saturated carbocycles. The van der Waals surface area contributed by atoms with Crippen molar-refractivity contribution in [1.82, 2.24) is 9.13 Å². The van der Waals surface area contributed by atoms with Gasteiger partial charge in [0.1, 0.15) is 0 Å². The first-order valence-corrected chi connectivity index (χ1v) is 25.6. The summed E-state index contributed by atoms with van der Waals surface area (Å²) in [6.07, 6.45) is 14.2. The van der Waals surface area contributed by atoms with Crippen LogP contribution in [0.5, 0.6) is 0 Å². The minimum atomic E-state index is 0.0523. The molecular formula is C52H48N2O2S4. The topological polar surface area (TPSA) is 44.0 Å². The van der Waals surface area contributed by atoms with Crippen LogP contribution in [0.3, 0.4) is 0 Å². The Morgan fingerprint density at radius 3 is 0.983 bits per heavy atom. The number of nitrogens with zero attached hydrogens (tertiary/aromatic N) is 2. The van der Waals surface area contributed by atoms with E-state index in [9.17, 15) is 0 Å². The molecule has 6 aromatic heterocycles. The summed E-state index contributed by atoms with van der Waals surface area (Å²) in [5.41, 5.74) is 3.79. The molecule has 0 unspecified atom stereocenters. The van der Waals surface area contributed by atoms with Crippen LogP contribution in [-0.2, 0) is 13.1 Å². The van der Waals surface area contributed by atoms with E-state index < -0.39 is 0 Å². The Kier molecular flexibility index (Phi) is 10.0. The van der Waals surface area contributed by atoms with Gasteiger partial charge in [-0.3, -0.25) is 9.59 Å². The highest BCUT2D eigenvalue weighted by Gasteiger charge is 2.21. The molecule has 0 aliphatic heterocycles. The van der Waals surface area contributed by atoms with Crippen LogP contribution in [-0.4, -0.2) is 9.13 Å². The molecule has 11 rings (SSSR count). The molecule has 11 aromatic rings. The number of thiophene rings is 4. The summed E-state index contributed by atoms with van der Waals surface area (Å²) in [5.74, 6) is 0. The summed E-state index contributed by atoms with van der Waals surface area (Å²) in [7, 11) is 0. The predicted molar refractivity (Wildman–Crippen MR) is 268 cm³/mol. The van der Waals surface area contributed by atoms with E-state index in [-0.39, 0.29) is 10.9 Å². The van der Waals surface area contributed by atoms with Crippen LogP contribution < -0.4 is 10.9 Å². The van der Waals surface area contributed by atoms with Crippen molar-refractivity contribution in [2.75, 3.05) is 0 Å². The molecule has 4 nitrogen and oxygen atoms in total. The quantitative estimate of drug-likeness (QED) is 0.0807. The minimum absolute atomic E-state index is 0.0523. The van der Waals surface area contributed by atoms with E-state index in [0.29, 0.717) is 10.8 Å². The van der Waals surface area contributed by atoms with Gasteiger partial charge in [0.2, 0.25) is 0 Å². The van der Waals surface area contributed by atoms with Crippen LogP contribution in [0.1, 0.15) is 90.9 Å². The average molecular weight is 861 g/mol. The molecule has 60 heavy (non-hydrogen) atoms. The monoisotopic (exact) mass is 860 g/mol. The number of aromatic nitrogens is 2. The Morgan fingerprint density at radius 2 is 0.633 bits per heavy atom. The van der Waals surface area contributed by atoms with Crippen LogP contribution in [0.25, 0.3) is 106 Å². The average Bonchev–Trinajstić information content (AvgIpc) is 4.11. The van der Waals surface area contributed by atoms with Crippen molar-refractivity contribution >= 4 is 151 Å². The van der Waals surface area contributed by atoms with Crippen LogP contribution in [0.15, 0.2) is 91.8 Å². The van der Waals surface area contributed by atoms with Crippen molar-refractivity contribution < 1.29 is 0 Å². The summed E-state index contributed by atoms with van der Waals surface area (Å²) < 4.78 is 9.81. The van der Waals surface area contributed by atoms with E-state index in [4.69, 9.17) is 0 Å². The second kappa shape index (κ2) is 15.7. The molecule has 0 aliphatic carbocycles. The molecule has 0 radical (unpaired) electrons. The third-order valence-corrected chi connectivity index (χ3v) is 17.0. The minimum Gasteiger partial charge on any atom is -0.340 e. The largest absolute Gasteiger partial charge is 0.340 e. The zero-order chi connectivity index (χ0) is 40.5. The summed E-state index contributed by atoms with van der Waals surface area (Å²) in [6, 6.07) is 22.1. The number of unbranched alkanes of at least 4 members (excludes halogenated alkanes) is 10. The van der Waals surface area contributed by atoms with E-state index in [0.717, 1.165) is 82.4 Å². The first-order chi connectivity index (χ1) is 29.6. The van der Waals surface area contributed by atoms with E-state index in [2.05, 4.69) is 105 Å². The number of aryl methyl sites for hydroxylation is 2. The first kappa shape index (κ1) is 38.3. The molecule has 0 aliphatic rings. The van der Waals surface area contributed by atoms with Gasteiger partial charge in [-0.15, -0.1) is 45.3 Å². The van der Waals surface area contributed by atoms with Gasteiger partial charge in [-0.25, -0.2) is 0 Å². The lowest BCUT2D eigenvalue weighted by Gasteiger charge is -2.20. The highest BCUT2D eigenvalue weighted by atomic mass is 32.1. The highest BCUT2D eigenvalue weighted by Crippen LogP contribution is 2.44. The van der Waals surface area contributed by atoms with Gasteiger partial charge >= 0.3 is 0 Å². The van der Waals surface area contributed by atoms with Crippen LogP contribution in [0, 0.1) is 0 Å².